The summed E-state index contributed by atoms with van der Waals surface area (Å²) in [5, 5.41) is 17.7. The van der Waals surface area contributed by atoms with Gasteiger partial charge in [0.05, 0.1) is 16.6 Å². The molecule has 0 aromatic carbocycles. The van der Waals surface area contributed by atoms with E-state index in [1.165, 1.54) is 11.3 Å². The summed E-state index contributed by atoms with van der Waals surface area (Å²) in [6.07, 6.45) is -0.376. The van der Waals surface area contributed by atoms with Crippen LogP contribution in [-0.4, -0.2) is 22.2 Å². The first-order valence-electron chi connectivity index (χ1n) is 4.53. The Morgan fingerprint density at radius 1 is 1.31 bits per heavy atom. The Bertz CT molecular complexity index is 397. The highest BCUT2D eigenvalue weighted by Crippen LogP contribution is 2.37. The molecule has 0 bridgehead atoms. The van der Waals surface area contributed by atoms with E-state index < -0.39 is 17.4 Å². The van der Waals surface area contributed by atoms with Crippen molar-refractivity contribution >= 4 is 39.2 Å². The fourth-order valence-electron chi connectivity index (χ4n) is 1.54. The van der Waals surface area contributed by atoms with E-state index in [1.807, 2.05) is 0 Å². The minimum Gasteiger partial charge on any atom is -0.481 e. The zero-order valence-electron chi connectivity index (χ0n) is 8.57. The van der Waals surface area contributed by atoms with E-state index in [4.69, 9.17) is 10.2 Å². The van der Waals surface area contributed by atoms with Gasteiger partial charge in [-0.15, -0.1) is 11.3 Å². The number of hydrogen-bond donors (Lipinski definition) is 2. The molecule has 0 saturated heterocycles. The Morgan fingerprint density at radius 3 is 2.12 bits per heavy atom. The van der Waals surface area contributed by atoms with E-state index in [0.717, 1.165) is 8.66 Å². The summed E-state index contributed by atoms with van der Waals surface area (Å²) in [4.78, 5) is 22.3. The van der Waals surface area contributed by atoms with Crippen molar-refractivity contribution in [2.24, 2.45) is 0 Å². The lowest BCUT2D eigenvalue weighted by Crippen LogP contribution is -2.27. The highest BCUT2D eigenvalue weighted by Gasteiger charge is 2.33. The maximum atomic E-state index is 10.8. The van der Waals surface area contributed by atoms with Gasteiger partial charge in [0.25, 0.3) is 0 Å². The molecule has 0 aliphatic carbocycles. The van der Waals surface area contributed by atoms with Crippen LogP contribution in [0.1, 0.15) is 24.6 Å². The van der Waals surface area contributed by atoms with Gasteiger partial charge in [-0.2, -0.15) is 0 Å². The molecule has 0 aliphatic rings. The number of halogens is 1. The van der Waals surface area contributed by atoms with Crippen LogP contribution in [0, 0.1) is 0 Å². The van der Waals surface area contributed by atoms with Crippen molar-refractivity contribution in [2.45, 2.75) is 25.2 Å². The Labute approximate surface area is 105 Å². The third kappa shape index (κ3) is 3.31. The largest absolute Gasteiger partial charge is 0.481 e. The maximum absolute atomic E-state index is 10.8. The summed E-state index contributed by atoms with van der Waals surface area (Å²) >= 11 is 4.65. The second kappa shape index (κ2) is 4.97. The van der Waals surface area contributed by atoms with Crippen molar-refractivity contribution < 1.29 is 19.8 Å². The van der Waals surface area contributed by atoms with Crippen molar-refractivity contribution in [1.82, 2.24) is 0 Å². The van der Waals surface area contributed by atoms with E-state index >= 15 is 0 Å². The molecule has 4 nitrogen and oxygen atoms in total. The fourth-order valence-corrected chi connectivity index (χ4v) is 3.07. The first-order chi connectivity index (χ1) is 7.33. The van der Waals surface area contributed by atoms with Crippen molar-refractivity contribution in [3.05, 3.63) is 20.8 Å². The number of carboxylic acid groups (broad SMARTS) is 2. The minimum absolute atomic E-state index is 0.188. The Morgan fingerprint density at radius 2 is 1.81 bits per heavy atom. The quantitative estimate of drug-likeness (QED) is 0.877. The highest BCUT2D eigenvalue weighted by molar-refractivity contribution is 9.11. The van der Waals surface area contributed by atoms with Crippen molar-refractivity contribution in [3.63, 3.8) is 0 Å². The molecule has 1 aromatic heterocycles. The second-order valence-corrected chi connectivity index (χ2v) is 6.27. The molecule has 1 heterocycles. The fraction of sp³-hybridized carbons (Fsp3) is 0.400. The van der Waals surface area contributed by atoms with Crippen LogP contribution in [0.2, 0.25) is 0 Å². The lowest BCUT2D eigenvalue weighted by Gasteiger charge is -2.24. The molecule has 2 N–H and O–H groups in total. The van der Waals surface area contributed by atoms with E-state index in [9.17, 15) is 9.59 Å². The van der Waals surface area contributed by atoms with E-state index in [2.05, 4.69) is 15.9 Å². The Kier molecular flexibility index (Phi) is 4.09. The molecule has 1 aromatic rings. The topological polar surface area (TPSA) is 74.6 Å². The molecule has 16 heavy (non-hydrogen) atoms. The lowest BCUT2D eigenvalue weighted by molar-refractivity contribution is -0.141. The molecular weight excluding hydrogens is 296 g/mol. The highest BCUT2D eigenvalue weighted by atomic mass is 79.9. The molecule has 0 spiro atoms. The van der Waals surface area contributed by atoms with Crippen LogP contribution >= 0.6 is 27.3 Å². The van der Waals surface area contributed by atoms with Gasteiger partial charge in [0, 0.05) is 10.3 Å². The predicted molar refractivity (Wildman–Crippen MR) is 63.9 cm³/mol. The summed E-state index contributed by atoms with van der Waals surface area (Å²) in [7, 11) is 0. The van der Waals surface area contributed by atoms with Gasteiger partial charge >= 0.3 is 11.9 Å². The van der Waals surface area contributed by atoms with Crippen LogP contribution < -0.4 is 0 Å². The number of carbonyl (C=O) groups is 2. The van der Waals surface area contributed by atoms with Gasteiger partial charge in [-0.1, -0.05) is 6.92 Å². The van der Waals surface area contributed by atoms with Crippen LogP contribution in [-0.2, 0) is 15.0 Å². The van der Waals surface area contributed by atoms with E-state index in [1.54, 1.807) is 19.1 Å². The van der Waals surface area contributed by atoms with Gasteiger partial charge in [-0.25, -0.2) is 0 Å². The molecule has 6 heteroatoms. The Balaban J connectivity index is 3.03. The maximum Gasteiger partial charge on any atom is 0.304 e. The van der Waals surface area contributed by atoms with Gasteiger partial charge in [0.2, 0.25) is 0 Å². The standard InChI is InChI=1S/C10H11BrO4S/c1-10(4-8(12)13,5-9(14)15)6-2-3-7(11)16-6/h2-3H,4-5H2,1H3,(H,12,13)(H,14,15). The van der Waals surface area contributed by atoms with E-state index in [0.29, 0.717) is 0 Å². The number of hydrogen-bond acceptors (Lipinski definition) is 3. The van der Waals surface area contributed by atoms with Crippen LogP contribution in [0.3, 0.4) is 0 Å². The predicted octanol–water partition coefficient (Wildman–Crippen LogP) is 2.72. The molecule has 1 rings (SSSR count). The van der Waals surface area contributed by atoms with Crippen molar-refractivity contribution in [3.8, 4) is 0 Å². The van der Waals surface area contributed by atoms with Crippen molar-refractivity contribution in [1.29, 1.82) is 0 Å². The third-order valence-electron chi connectivity index (χ3n) is 2.25. The van der Waals surface area contributed by atoms with Crippen molar-refractivity contribution in [2.75, 3.05) is 0 Å². The smallest absolute Gasteiger partial charge is 0.304 e. The van der Waals surface area contributed by atoms with Gasteiger partial charge in [-0.3, -0.25) is 9.59 Å². The zero-order valence-corrected chi connectivity index (χ0v) is 11.0. The van der Waals surface area contributed by atoms with Crippen LogP contribution in [0.4, 0.5) is 0 Å². The molecule has 0 fully saturated rings. The van der Waals surface area contributed by atoms with Gasteiger partial charge in [-0.05, 0) is 28.1 Å². The molecule has 0 aliphatic heterocycles. The molecule has 0 radical (unpaired) electrons. The Hall–Kier alpha value is -0.880. The lowest BCUT2D eigenvalue weighted by atomic mass is 9.82. The monoisotopic (exact) mass is 306 g/mol. The normalized spacial score (nSPS) is 11.4. The summed E-state index contributed by atoms with van der Waals surface area (Å²) in [5.41, 5.74) is -0.853. The summed E-state index contributed by atoms with van der Waals surface area (Å²) in [6.45, 7) is 1.66. The van der Waals surface area contributed by atoms with Crippen LogP contribution in [0.15, 0.2) is 15.9 Å². The molecular formula is C10H11BrO4S. The zero-order chi connectivity index (χ0) is 12.3. The molecule has 0 saturated carbocycles. The van der Waals surface area contributed by atoms with Crippen LogP contribution in [0.5, 0.6) is 0 Å². The molecule has 88 valence electrons. The van der Waals surface area contributed by atoms with E-state index in [-0.39, 0.29) is 12.8 Å². The summed E-state index contributed by atoms with van der Waals surface area (Å²) in [6, 6.07) is 3.56. The molecule has 0 atom stereocenters. The molecule has 0 amide bonds. The van der Waals surface area contributed by atoms with Gasteiger partial charge < -0.3 is 10.2 Å². The van der Waals surface area contributed by atoms with Gasteiger partial charge in [0.15, 0.2) is 0 Å². The molecule has 0 unspecified atom stereocenters. The van der Waals surface area contributed by atoms with Crippen LogP contribution in [0.25, 0.3) is 0 Å². The first kappa shape index (κ1) is 13.2. The minimum atomic E-state index is -0.992. The SMILES string of the molecule is CC(CC(=O)O)(CC(=O)O)c1ccc(Br)s1. The average Bonchev–Trinajstić information content (AvgIpc) is 2.48. The third-order valence-corrected chi connectivity index (χ3v) is 4.18. The number of rotatable bonds is 5. The number of carboxylic acids is 2. The summed E-state index contributed by atoms with van der Waals surface area (Å²) < 4.78 is 0.865. The number of thiophene rings is 1. The second-order valence-electron chi connectivity index (χ2n) is 3.81. The first-order valence-corrected chi connectivity index (χ1v) is 6.14. The summed E-state index contributed by atoms with van der Waals surface area (Å²) in [5.74, 6) is -1.98. The average molecular weight is 307 g/mol. The van der Waals surface area contributed by atoms with Gasteiger partial charge in [0.1, 0.15) is 0 Å². The number of aliphatic carboxylic acids is 2.